The third-order valence-electron chi connectivity index (χ3n) is 2.66. The van der Waals surface area contributed by atoms with Gasteiger partial charge in [0, 0.05) is 33.1 Å². The molecule has 0 saturated carbocycles. The van der Waals surface area contributed by atoms with Gasteiger partial charge in [0.15, 0.2) is 6.04 Å². The SMILES string of the molecule is CC(=O)N1CCN(C(C(N)=O)C(N)=O)CC1. The van der Waals surface area contributed by atoms with Crippen LogP contribution in [-0.4, -0.2) is 59.7 Å². The number of nitrogens with zero attached hydrogens (tertiary/aromatic N) is 2. The number of carbonyl (C=O) groups excluding carboxylic acids is 3. The fourth-order valence-electron chi connectivity index (χ4n) is 1.80. The van der Waals surface area contributed by atoms with E-state index in [1.165, 1.54) is 6.92 Å². The molecule has 0 radical (unpaired) electrons. The van der Waals surface area contributed by atoms with Crippen molar-refractivity contribution in [2.45, 2.75) is 13.0 Å². The monoisotopic (exact) mass is 228 g/mol. The lowest BCUT2D eigenvalue weighted by Gasteiger charge is -2.36. The van der Waals surface area contributed by atoms with Gasteiger partial charge < -0.3 is 16.4 Å². The van der Waals surface area contributed by atoms with Crippen molar-refractivity contribution in [1.82, 2.24) is 9.80 Å². The summed E-state index contributed by atoms with van der Waals surface area (Å²) >= 11 is 0. The molecular formula is C9H16N4O3. The molecule has 0 aromatic rings. The molecule has 4 N–H and O–H groups in total. The van der Waals surface area contributed by atoms with Crippen LogP contribution in [0.3, 0.4) is 0 Å². The zero-order valence-corrected chi connectivity index (χ0v) is 9.18. The maximum absolute atomic E-state index is 11.1. The van der Waals surface area contributed by atoms with Crippen molar-refractivity contribution in [3.63, 3.8) is 0 Å². The van der Waals surface area contributed by atoms with E-state index in [-0.39, 0.29) is 5.91 Å². The first-order valence-electron chi connectivity index (χ1n) is 5.01. The number of carbonyl (C=O) groups is 3. The highest BCUT2D eigenvalue weighted by Crippen LogP contribution is 2.06. The van der Waals surface area contributed by atoms with Crippen molar-refractivity contribution >= 4 is 17.7 Å². The number of piperazine rings is 1. The summed E-state index contributed by atoms with van der Waals surface area (Å²) in [5, 5.41) is 0. The van der Waals surface area contributed by atoms with Gasteiger partial charge in [-0.15, -0.1) is 0 Å². The lowest BCUT2D eigenvalue weighted by atomic mass is 10.2. The zero-order valence-electron chi connectivity index (χ0n) is 9.18. The molecule has 1 rings (SSSR count). The van der Waals surface area contributed by atoms with Gasteiger partial charge in [-0.2, -0.15) is 0 Å². The Morgan fingerprint density at radius 1 is 1.00 bits per heavy atom. The number of nitrogens with two attached hydrogens (primary N) is 2. The smallest absolute Gasteiger partial charge is 0.244 e. The summed E-state index contributed by atoms with van der Waals surface area (Å²) in [4.78, 5) is 36.4. The predicted molar refractivity (Wildman–Crippen MR) is 56.0 cm³/mol. The number of primary amides is 2. The first-order chi connectivity index (χ1) is 7.43. The van der Waals surface area contributed by atoms with Gasteiger partial charge in [-0.05, 0) is 0 Å². The van der Waals surface area contributed by atoms with Crippen LogP contribution >= 0.6 is 0 Å². The maximum atomic E-state index is 11.1. The fraction of sp³-hybridized carbons (Fsp3) is 0.667. The molecule has 16 heavy (non-hydrogen) atoms. The molecule has 0 aliphatic carbocycles. The molecule has 1 heterocycles. The average Bonchev–Trinajstić information content (AvgIpc) is 2.17. The van der Waals surface area contributed by atoms with E-state index < -0.39 is 17.9 Å². The van der Waals surface area contributed by atoms with E-state index >= 15 is 0 Å². The molecule has 7 heteroatoms. The molecule has 0 bridgehead atoms. The van der Waals surface area contributed by atoms with Crippen LogP contribution < -0.4 is 11.5 Å². The quantitative estimate of drug-likeness (QED) is 0.520. The summed E-state index contributed by atoms with van der Waals surface area (Å²) in [5.74, 6) is -1.51. The van der Waals surface area contributed by atoms with Crippen LogP contribution in [0.5, 0.6) is 0 Å². The van der Waals surface area contributed by atoms with Crippen LogP contribution in [0, 0.1) is 0 Å². The average molecular weight is 228 g/mol. The fourth-order valence-corrected chi connectivity index (χ4v) is 1.80. The first kappa shape index (κ1) is 12.4. The van der Waals surface area contributed by atoms with E-state index in [9.17, 15) is 14.4 Å². The molecule has 0 spiro atoms. The Labute approximate surface area is 93.3 Å². The number of hydrogen-bond acceptors (Lipinski definition) is 4. The van der Waals surface area contributed by atoms with Gasteiger partial charge in [-0.1, -0.05) is 0 Å². The van der Waals surface area contributed by atoms with E-state index in [0.717, 1.165) is 0 Å². The molecule has 3 amide bonds. The van der Waals surface area contributed by atoms with E-state index in [0.29, 0.717) is 26.2 Å². The number of hydrogen-bond donors (Lipinski definition) is 2. The Kier molecular flexibility index (Phi) is 3.83. The van der Waals surface area contributed by atoms with Crippen LogP contribution in [0.1, 0.15) is 6.92 Å². The Morgan fingerprint density at radius 3 is 1.75 bits per heavy atom. The van der Waals surface area contributed by atoms with Gasteiger partial charge in [-0.3, -0.25) is 19.3 Å². The van der Waals surface area contributed by atoms with E-state index in [4.69, 9.17) is 11.5 Å². The van der Waals surface area contributed by atoms with Crippen molar-refractivity contribution < 1.29 is 14.4 Å². The third kappa shape index (κ3) is 2.69. The van der Waals surface area contributed by atoms with Crippen molar-refractivity contribution in [3.05, 3.63) is 0 Å². The minimum atomic E-state index is -1.07. The molecule has 0 aromatic carbocycles. The zero-order chi connectivity index (χ0) is 12.3. The minimum Gasteiger partial charge on any atom is -0.368 e. The van der Waals surface area contributed by atoms with Crippen LogP contribution in [0.4, 0.5) is 0 Å². The highest BCUT2D eigenvalue weighted by atomic mass is 16.2. The Hall–Kier alpha value is -1.63. The molecular weight excluding hydrogens is 212 g/mol. The molecule has 1 aliphatic rings. The number of rotatable bonds is 3. The summed E-state index contributed by atoms with van der Waals surface area (Å²) in [6.45, 7) is 3.29. The van der Waals surface area contributed by atoms with Crippen LogP contribution in [0.2, 0.25) is 0 Å². The second-order valence-corrected chi connectivity index (χ2v) is 3.75. The molecule has 90 valence electrons. The molecule has 1 fully saturated rings. The van der Waals surface area contributed by atoms with Crippen molar-refractivity contribution in [1.29, 1.82) is 0 Å². The van der Waals surface area contributed by atoms with E-state index in [1.54, 1.807) is 9.80 Å². The van der Waals surface area contributed by atoms with Crippen LogP contribution in [0.25, 0.3) is 0 Å². The Bertz CT molecular complexity index is 296. The summed E-state index contributed by atoms with van der Waals surface area (Å²) in [6, 6.07) is -1.07. The largest absolute Gasteiger partial charge is 0.368 e. The molecule has 0 atom stereocenters. The summed E-state index contributed by atoms with van der Waals surface area (Å²) in [6.07, 6.45) is 0. The molecule has 7 nitrogen and oxygen atoms in total. The summed E-state index contributed by atoms with van der Waals surface area (Å²) in [7, 11) is 0. The van der Waals surface area contributed by atoms with Gasteiger partial charge >= 0.3 is 0 Å². The van der Waals surface area contributed by atoms with Gasteiger partial charge in [-0.25, -0.2) is 0 Å². The predicted octanol–water partition coefficient (Wildman–Crippen LogP) is -2.51. The standard InChI is InChI=1S/C9H16N4O3/c1-6(14)12-2-4-13(5-3-12)7(8(10)15)9(11)16/h7H,2-5H2,1H3,(H2,10,15)(H2,11,16). The van der Waals surface area contributed by atoms with Crippen molar-refractivity contribution in [2.75, 3.05) is 26.2 Å². The van der Waals surface area contributed by atoms with Crippen LogP contribution in [0.15, 0.2) is 0 Å². The van der Waals surface area contributed by atoms with E-state index in [2.05, 4.69) is 0 Å². The summed E-state index contributed by atoms with van der Waals surface area (Å²) < 4.78 is 0. The van der Waals surface area contributed by atoms with Gasteiger partial charge in [0.2, 0.25) is 17.7 Å². The Morgan fingerprint density at radius 2 is 1.44 bits per heavy atom. The second-order valence-electron chi connectivity index (χ2n) is 3.75. The second kappa shape index (κ2) is 4.93. The highest BCUT2D eigenvalue weighted by Gasteiger charge is 2.32. The highest BCUT2D eigenvalue weighted by molar-refractivity contribution is 6.02. The lowest BCUT2D eigenvalue weighted by Crippen LogP contribution is -2.59. The van der Waals surface area contributed by atoms with Gasteiger partial charge in [0.05, 0.1) is 0 Å². The van der Waals surface area contributed by atoms with Crippen molar-refractivity contribution in [3.8, 4) is 0 Å². The molecule has 1 saturated heterocycles. The lowest BCUT2D eigenvalue weighted by molar-refractivity contribution is -0.136. The van der Waals surface area contributed by atoms with Crippen LogP contribution in [-0.2, 0) is 14.4 Å². The first-order valence-corrected chi connectivity index (χ1v) is 5.01. The normalized spacial score (nSPS) is 17.5. The topological polar surface area (TPSA) is 110 Å². The molecule has 1 aliphatic heterocycles. The third-order valence-corrected chi connectivity index (χ3v) is 2.66. The Balaban J connectivity index is 2.61. The van der Waals surface area contributed by atoms with Crippen molar-refractivity contribution in [2.24, 2.45) is 11.5 Å². The minimum absolute atomic E-state index is 0.0191. The summed E-state index contributed by atoms with van der Waals surface area (Å²) in [5.41, 5.74) is 10.2. The van der Waals surface area contributed by atoms with Gasteiger partial charge in [0.1, 0.15) is 0 Å². The molecule has 0 aromatic heterocycles. The van der Waals surface area contributed by atoms with Gasteiger partial charge in [0.25, 0.3) is 0 Å². The number of amides is 3. The van der Waals surface area contributed by atoms with E-state index in [1.807, 2.05) is 0 Å². The molecule has 0 unspecified atom stereocenters. The maximum Gasteiger partial charge on any atom is 0.244 e.